The third kappa shape index (κ3) is 1.40. The lowest BCUT2D eigenvalue weighted by Crippen LogP contribution is -1.76. The van der Waals surface area contributed by atoms with Crippen LogP contribution in [0.1, 0.15) is 0 Å². The minimum Gasteiger partial charge on any atom is -0.354 e. The van der Waals surface area contributed by atoms with Crippen LogP contribution in [0.25, 0.3) is 43.4 Å². The standard InChI is InChI=1S/C20H13N/c1-3-7-15-13(5-1)9-11-17-19(15)20-16-8-4-2-6-14(16)10-12-18(20)21-17/h1-12,21H. The van der Waals surface area contributed by atoms with Gasteiger partial charge in [-0.1, -0.05) is 60.7 Å². The monoisotopic (exact) mass is 267 g/mol. The van der Waals surface area contributed by atoms with E-state index in [1.165, 1.54) is 43.4 Å². The number of aromatic nitrogens is 1. The Morgan fingerprint density at radius 3 is 1.48 bits per heavy atom. The van der Waals surface area contributed by atoms with Crippen molar-refractivity contribution in [2.75, 3.05) is 0 Å². The number of benzene rings is 4. The van der Waals surface area contributed by atoms with Gasteiger partial charge in [0, 0.05) is 21.8 Å². The summed E-state index contributed by atoms with van der Waals surface area (Å²) in [6, 6.07) is 26.0. The molecule has 1 heterocycles. The van der Waals surface area contributed by atoms with E-state index in [4.69, 9.17) is 0 Å². The van der Waals surface area contributed by atoms with Gasteiger partial charge in [-0.25, -0.2) is 0 Å². The second-order valence-corrected chi connectivity index (χ2v) is 5.54. The summed E-state index contributed by atoms with van der Waals surface area (Å²) >= 11 is 0. The highest BCUT2D eigenvalue weighted by Crippen LogP contribution is 2.36. The van der Waals surface area contributed by atoms with E-state index in [0.29, 0.717) is 0 Å². The highest BCUT2D eigenvalue weighted by Gasteiger charge is 2.10. The molecule has 0 saturated heterocycles. The molecule has 0 unspecified atom stereocenters. The van der Waals surface area contributed by atoms with Crippen molar-refractivity contribution in [2.24, 2.45) is 0 Å². The third-order valence-electron chi connectivity index (χ3n) is 4.38. The van der Waals surface area contributed by atoms with Crippen LogP contribution < -0.4 is 0 Å². The lowest BCUT2D eigenvalue weighted by Gasteiger charge is -2.02. The van der Waals surface area contributed by atoms with Crippen LogP contribution in [0.15, 0.2) is 72.8 Å². The molecule has 1 N–H and O–H groups in total. The van der Waals surface area contributed by atoms with Gasteiger partial charge in [0.05, 0.1) is 0 Å². The molecule has 0 aliphatic carbocycles. The van der Waals surface area contributed by atoms with E-state index < -0.39 is 0 Å². The highest BCUT2D eigenvalue weighted by molar-refractivity contribution is 6.27. The Morgan fingerprint density at radius 1 is 0.476 bits per heavy atom. The van der Waals surface area contributed by atoms with Crippen LogP contribution >= 0.6 is 0 Å². The summed E-state index contributed by atoms with van der Waals surface area (Å²) in [5.41, 5.74) is 2.42. The zero-order valence-corrected chi connectivity index (χ0v) is 11.4. The molecule has 98 valence electrons. The fraction of sp³-hybridized carbons (Fsp3) is 0. The van der Waals surface area contributed by atoms with Crippen LogP contribution in [0.3, 0.4) is 0 Å². The van der Waals surface area contributed by atoms with E-state index >= 15 is 0 Å². The number of H-pyrrole nitrogens is 1. The molecular weight excluding hydrogens is 254 g/mol. The van der Waals surface area contributed by atoms with Gasteiger partial charge in [-0.05, 0) is 33.7 Å². The molecule has 0 radical (unpaired) electrons. The number of aromatic amines is 1. The number of hydrogen-bond donors (Lipinski definition) is 1. The van der Waals surface area contributed by atoms with E-state index in [1.807, 2.05) is 0 Å². The van der Waals surface area contributed by atoms with E-state index in [9.17, 15) is 0 Å². The molecule has 5 aromatic rings. The summed E-state index contributed by atoms with van der Waals surface area (Å²) in [7, 11) is 0. The number of hydrogen-bond acceptors (Lipinski definition) is 0. The minimum atomic E-state index is 1.21. The van der Waals surface area contributed by atoms with Gasteiger partial charge in [0.2, 0.25) is 0 Å². The summed E-state index contributed by atoms with van der Waals surface area (Å²) < 4.78 is 0. The summed E-state index contributed by atoms with van der Waals surface area (Å²) in [5.74, 6) is 0. The first-order chi connectivity index (χ1) is 10.4. The predicted molar refractivity (Wildman–Crippen MR) is 90.8 cm³/mol. The Hall–Kier alpha value is -2.80. The van der Waals surface area contributed by atoms with Crippen molar-refractivity contribution in [3.05, 3.63) is 72.8 Å². The largest absolute Gasteiger partial charge is 0.354 e. The molecule has 4 aromatic carbocycles. The van der Waals surface area contributed by atoms with Crippen molar-refractivity contribution in [3.63, 3.8) is 0 Å². The average Bonchev–Trinajstić information content (AvgIpc) is 2.94. The predicted octanol–water partition coefficient (Wildman–Crippen LogP) is 5.63. The molecular formula is C20H13N. The molecule has 1 heteroatoms. The second-order valence-electron chi connectivity index (χ2n) is 5.54. The lowest BCUT2D eigenvalue weighted by molar-refractivity contribution is 1.56. The number of rotatable bonds is 0. The van der Waals surface area contributed by atoms with E-state index in [1.54, 1.807) is 0 Å². The molecule has 0 fully saturated rings. The third-order valence-corrected chi connectivity index (χ3v) is 4.38. The molecule has 1 nitrogen and oxygen atoms in total. The molecule has 0 bridgehead atoms. The molecule has 21 heavy (non-hydrogen) atoms. The van der Waals surface area contributed by atoms with E-state index in [0.717, 1.165) is 0 Å². The molecule has 0 aliphatic rings. The van der Waals surface area contributed by atoms with E-state index in [-0.39, 0.29) is 0 Å². The summed E-state index contributed by atoms with van der Waals surface area (Å²) in [6.45, 7) is 0. The minimum absolute atomic E-state index is 1.21. The second kappa shape index (κ2) is 3.86. The Kier molecular flexibility index (Phi) is 2.01. The fourth-order valence-corrected chi connectivity index (χ4v) is 3.44. The van der Waals surface area contributed by atoms with Crippen molar-refractivity contribution in [1.82, 2.24) is 4.98 Å². The first-order valence-corrected chi connectivity index (χ1v) is 7.23. The SMILES string of the molecule is c1ccc2c(c1)ccc1[nH]c3ccc4ccccc4c3c12. The van der Waals surface area contributed by atoms with Crippen molar-refractivity contribution in [3.8, 4) is 0 Å². The van der Waals surface area contributed by atoms with Gasteiger partial charge in [-0.3, -0.25) is 0 Å². The quantitative estimate of drug-likeness (QED) is 0.374. The van der Waals surface area contributed by atoms with Crippen LogP contribution in [0.5, 0.6) is 0 Å². The van der Waals surface area contributed by atoms with Gasteiger partial charge in [0.15, 0.2) is 0 Å². The fourth-order valence-electron chi connectivity index (χ4n) is 3.44. The maximum atomic E-state index is 3.56. The maximum Gasteiger partial charge on any atom is 0.0471 e. The molecule has 0 saturated carbocycles. The van der Waals surface area contributed by atoms with Crippen LogP contribution in [0.2, 0.25) is 0 Å². The van der Waals surface area contributed by atoms with Gasteiger partial charge >= 0.3 is 0 Å². The van der Waals surface area contributed by atoms with Crippen molar-refractivity contribution in [1.29, 1.82) is 0 Å². The number of fused-ring (bicyclic) bond motifs is 7. The molecule has 0 amide bonds. The smallest absolute Gasteiger partial charge is 0.0471 e. The summed E-state index contributed by atoms with van der Waals surface area (Å²) in [5, 5.41) is 7.88. The van der Waals surface area contributed by atoms with Gasteiger partial charge in [0.25, 0.3) is 0 Å². The lowest BCUT2D eigenvalue weighted by atomic mass is 10.00. The highest BCUT2D eigenvalue weighted by atomic mass is 14.7. The number of nitrogens with one attached hydrogen (secondary N) is 1. The molecule has 1 aromatic heterocycles. The van der Waals surface area contributed by atoms with Crippen LogP contribution in [-0.4, -0.2) is 4.98 Å². The molecule has 0 aliphatic heterocycles. The van der Waals surface area contributed by atoms with Crippen molar-refractivity contribution >= 4 is 43.4 Å². The first-order valence-electron chi connectivity index (χ1n) is 7.23. The zero-order chi connectivity index (χ0) is 13.8. The molecule has 0 atom stereocenters. The molecule has 5 rings (SSSR count). The molecule has 0 spiro atoms. The van der Waals surface area contributed by atoms with Gasteiger partial charge in [-0.15, -0.1) is 0 Å². The van der Waals surface area contributed by atoms with Crippen LogP contribution in [0.4, 0.5) is 0 Å². The van der Waals surface area contributed by atoms with Gasteiger partial charge in [-0.2, -0.15) is 0 Å². The Balaban J connectivity index is 2.18. The van der Waals surface area contributed by atoms with E-state index in [2.05, 4.69) is 77.8 Å². The topological polar surface area (TPSA) is 15.8 Å². The van der Waals surface area contributed by atoms with Gasteiger partial charge in [0.1, 0.15) is 0 Å². The van der Waals surface area contributed by atoms with Crippen LogP contribution in [-0.2, 0) is 0 Å². The maximum absolute atomic E-state index is 3.56. The van der Waals surface area contributed by atoms with Gasteiger partial charge < -0.3 is 4.98 Å². The Bertz CT molecular complexity index is 1040. The normalized spacial score (nSPS) is 11.8. The first kappa shape index (κ1) is 10.9. The summed E-state index contributed by atoms with van der Waals surface area (Å²) in [6.07, 6.45) is 0. The Labute approximate surface area is 121 Å². The average molecular weight is 267 g/mol. The van der Waals surface area contributed by atoms with Crippen molar-refractivity contribution < 1.29 is 0 Å². The van der Waals surface area contributed by atoms with Crippen LogP contribution in [0, 0.1) is 0 Å². The zero-order valence-electron chi connectivity index (χ0n) is 11.4. The summed E-state index contributed by atoms with van der Waals surface area (Å²) in [4.78, 5) is 3.56. The van der Waals surface area contributed by atoms with Crippen molar-refractivity contribution in [2.45, 2.75) is 0 Å². The Morgan fingerprint density at radius 2 is 0.952 bits per heavy atom.